The molecule has 0 aliphatic rings. The molecule has 0 fully saturated rings. The van der Waals surface area contributed by atoms with Gasteiger partial charge in [-0.25, -0.2) is 9.48 Å². The number of benzene rings is 2. The number of carbonyl (C=O) groups is 1. The van der Waals surface area contributed by atoms with Gasteiger partial charge in [0.1, 0.15) is 12.4 Å². The number of alkyl halides is 2. The zero-order valence-electron chi connectivity index (χ0n) is 13.0. The van der Waals surface area contributed by atoms with E-state index in [1.807, 2.05) is 36.5 Å². The summed E-state index contributed by atoms with van der Waals surface area (Å²) in [5.74, 6) is -0.555. The molecular weight excluding hydrogens is 330 g/mol. The van der Waals surface area contributed by atoms with E-state index in [1.54, 1.807) is 10.9 Å². The third kappa shape index (κ3) is 4.41. The lowest BCUT2D eigenvalue weighted by atomic mass is 10.2. The highest BCUT2D eigenvalue weighted by Crippen LogP contribution is 2.16. The molecule has 0 unspecified atom stereocenters. The minimum atomic E-state index is -2.90. The molecule has 0 amide bonds. The Hall–Kier alpha value is -3.22. The van der Waals surface area contributed by atoms with E-state index in [0.717, 1.165) is 11.3 Å². The van der Waals surface area contributed by atoms with E-state index in [0.29, 0.717) is 0 Å². The third-order valence-corrected chi connectivity index (χ3v) is 3.39. The smallest absolute Gasteiger partial charge is 0.387 e. The second-order valence-corrected chi connectivity index (χ2v) is 5.10. The standard InChI is InChI=1S/C18H14F2N2O3/c19-18(20)25-16-8-4-14(5-9-16)17(23)24-12-13-2-6-15(7-3-13)22-11-1-10-21-22/h1-11,18H,12H2. The molecule has 1 heterocycles. The summed E-state index contributed by atoms with van der Waals surface area (Å²) in [6, 6.07) is 14.6. The highest BCUT2D eigenvalue weighted by molar-refractivity contribution is 5.89. The average molecular weight is 344 g/mol. The molecule has 5 nitrogen and oxygen atoms in total. The Morgan fingerprint density at radius 1 is 1.08 bits per heavy atom. The lowest BCUT2D eigenvalue weighted by Gasteiger charge is -2.08. The van der Waals surface area contributed by atoms with Crippen molar-refractivity contribution in [3.63, 3.8) is 0 Å². The van der Waals surface area contributed by atoms with Crippen LogP contribution in [0.15, 0.2) is 67.0 Å². The van der Waals surface area contributed by atoms with E-state index in [2.05, 4.69) is 9.84 Å². The Balaban J connectivity index is 1.56. The number of aromatic nitrogens is 2. The molecule has 0 N–H and O–H groups in total. The zero-order chi connectivity index (χ0) is 17.6. The van der Waals surface area contributed by atoms with E-state index >= 15 is 0 Å². The monoisotopic (exact) mass is 344 g/mol. The molecule has 3 aromatic rings. The molecule has 2 aromatic carbocycles. The Labute approximate surface area is 142 Å². The van der Waals surface area contributed by atoms with Crippen LogP contribution in [-0.2, 0) is 11.3 Å². The van der Waals surface area contributed by atoms with Gasteiger partial charge in [-0.1, -0.05) is 12.1 Å². The van der Waals surface area contributed by atoms with E-state index in [9.17, 15) is 13.6 Å². The van der Waals surface area contributed by atoms with Crippen LogP contribution in [0.1, 0.15) is 15.9 Å². The molecule has 0 bridgehead atoms. The summed E-state index contributed by atoms with van der Waals surface area (Å²) < 4.78 is 35.3. The summed E-state index contributed by atoms with van der Waals surface area (Å²) in [6.45, 7) is -2.80. The Morgan fingerprint density at radius 2 is 1.80 bits per heavy atom. The molecule has 0 radical (unpaired) electrons. The first-order valence-electron chi connectivity index (χ1n) is 7.43. The topological polar surface area (TPSA) is 53.4 Å². The van der Waals surface area contributed by atoms with Crippen LogP contribution in [0.5, 0.6) is 5.75 Å². The number of halogens is 2. The van der Waals surface area contributed by atoms with E-state index in [-0.39, 0.29) is 17.9 Å². The maximum atomic E-state index is 12.1. The van der Waals surface area contributed by atoms with Crippen LogP contribution in [0.3, 0.4) is 0 Å². The number of esters is 1. The maximum absolute atomic E-state index is 12.1. The molecule has 1 aromatic heterocycles. The van der Waals surface area contributed by atoms with Gasteiger partial charge in [-0.05, 0) is 48.0 Å². The third-order valence-electron chi connectivity index (χ3n) is 3.39. The van der Waals surface area contributed by atoms with Gasteiger partial charge in [0.15, 0.2) is 0 Å². The van der Waals surface area contributed by atoms with Crippen LogP contribution in [0, 0.1) is 0 Å². The summed E-state index contributed by atoms with van der Waals surface area (Å²) >= 11 is 0. The van der Waals surface area contributed by atoms with Crippen LogP contribution in [0.2, 0.25) is 0 Å². The number of hydrogen-bond donors (Lipinski definition) is 0. The summed E-state index contributed by atoms with van der Waals surface area (Å²) in [5, 5.41) is 4.13. The van der Waals surface area contributed by atoms with Crippen molar-refractivity contribution in [1.29, 1.82) is 0 Å². The molecule has 0 saturated carbocycles. The fraction of sp³-hybridized carbons (Fsp3) is 0.111. The number of nitrogens with zero attached hydrogens (tertiary/aromatic N) is 2. The van der Waals surface area contributed by atoms with Crippen molar-refractivity contribution < 1.29 is 23.0 Å². The molecular formula is C18H14F2N2O3. The molecule has 0 aliphatic carbocycles. The predicted octanol–water partition coefficient (Wildman–Crippen LogP) is 3.83. The normalized spacial score (nSPS) is 10.7. The van der Waals surface area contributed by atoms with Gasteiger partial charge in [0.25, 0.3) is 0 Å². The molecule has 128 valence electrons. The van der Waals surface area contributed by atoms with Gasteiger partial charge in [0.2, 0.25) is 0 Å². The second-order valence-electron chi connectivity index (χ2n) is 5.10. The molecule has 0 spiro atoms. The van der Waals surface area contributed by atoms with Gasteiger partial charge in [0, 0.05) is 12.4 Å². The molecule has 3 rings (SSSR count). The van der Waals surface area contributed by atoms with Crippen molar-refractivity contribution >= 4 is 5.97 Å². The highest BCUT2D eigenvalue weighted by Gasteiger charge is 2.09. The van der Waals surface area contributed by atoms with Crippen LogP contribution in [0.4, 0.5) is 8.78 Å². The molecule has 0 atom stereocenters. The van der Waals surface area contributed by atoms with Crippen molar-refractivity contribution in [3.05, 3.63) is 78.1 Å². The lowest BCUT2D eigenvalue weighted by molar-refractivity contribution is -0.0498. The first-order chi connectivity index (χ1) is 12.1. The van der Waals surface area contributed by atoms with E-state index < -0.39 is 12.6 Å². The van der Waals surface area contributed by atoms with Crippen molar-refractivity contribution in [1.82, 2.24) is 9.78 Å². The van der Waals surface area contributed by atoms with Crippen molar-refractivity contribution in [2.75, 3.05) is 0 Å². The van der Waals surface area contributed by atoms with Crippen LogP contribution in [0.25, 0.3) is 5.69 Å². The molecule has 25 heavy (non-hydrogen) atoms. The molecule has 0 saturated heterocycles. The maximum Gasteiger partial charge on any atom is 0.387 e. The van der Waals surface area contributed by atoms with Crippen LogP contribution < -0.4 is 4.74 Å². The molecule has 7 heteroatoms. The fourth-order valence-corrected chi connectivity index (χ4v) is 2.17. The summed E-state index contributed by atoms with van der Waals surface area (Å²) in [5.41, 5.74) is 1.98. The van der Waals surface area contributed by atoms with Gasteiger partial charge >= 0.3 is 12.6 Å². The van der Waals surface area contributed by atoms with Crippen molar-refractivity contribution in [3.8, 4) is 11.4 Å². The Kier molecular flexibility index (Phi) is 5.03. The quantitative estimate of drug-likeness (QED) is 0.638. The van der Waals surface area contributed by atoms with Crippen LogP contribution >= 0.6 is 0 Å². The SMILES string of the molecule is O=C(OCc1ccc(-n2cccn2)cc1)c1ccc(OC(F)F)cc1. The van der Waals surface area contributed by atoms with E-state index in [1.165, 1.54) is 24.3 Å². The minimum absolute atomic E-state index is 0.0132. The second kappa shape index (κ2) is 7.57. The average Bonchev–Trinajstić information content (AvgIpc) is 3.15. The Bertz CT molecular complexity index is 817. The first kappa shape index (κ1) is 16.6. The summed E-state index contributed by atoms with van der Waals surface area (Å²) in [6.07, 6.45) is 3.52. The largest absolute Gasteiger partial charge is 0.457 e. The summed E-state index contributed by atoms with van der Waals surface area (Å²) in [7, 11) is 0. The summed E-state index contributed by atoms with van der Waals surface area (Å²) in [4.78, 5) is 12.0. The first-order valence-corrected chi connectivity index (χ1v) is 7.43. The van der Waals surface area contributed by atoms with E-state index in [4.69, 9.17) is 4.74 Å². The minimum Gasteiger partial charge on any atom is -0.457 e. The number of carbonyl (C=O) groups excluding carboxylic acids is 1. The number of ether oxygens (including phenoxy) is 2. The number of rotatable bonds is 6. The van der Waals surface area contributed by atoms with Crippen LogP contribution in [-0.4, -0.2) is 22.4 Å². The van der Waals surface area contributed by atoms with Gasteiger partial charge in [-0.15, -0.1) is 0 Å². The van der Waals surface area contributed by atoms with Gasteiger partial charge in [0.05, 0.1) is 11.3 Å². The van der Waals surface area contributed by atoms with Gasteiger partial charge < -0.3 is 9.47 Å². The number of hydrogen-bond acceptors (Lipinski definition) is 4. The highest BCUT2D eigenvalue weighted by atomic mass is 19.3. The predicted molar refractivity (Wildman–Crippen MR) is 85.8 cm³/mol. The Morgan fingerprint density at radius 3 is 2.40 bits per heavy atom. The molecule has 0 aliphatic heterocycles. The fourth-order valence-electron chi connectivity index (χ4n) is 2.17. The van der Waals surface area contributed by atoms with Gasteiger partial charge in [-0.2, -0.15) is 13.9 Å². The lowest BCUT2D eigenvalue weighted by Crippen LogP contribution is -2.06. The van der Waals surface area contributed by atoms with Crippen molar-refractivity contribution in [2.24, 2.45) is 0 Å². The van der Waals surface area contributed by atoms with Gasteiger partial charge in [-0.3, -0.25) is 0 Å². The van der Waals surface area contributed by atoms with Crippen molar-refractivity contribution in [2.45, 2.75) is 13.2 Å². The zero-order valence-corrected chi connectivity index (χ0v) is 13.0.